The Bertz CT molecular complexity index is 313. The lowest BCUT2D eigenvalue weighted by Crippen LogP contribution is -2.36. The predicted molar refractivity (Wildman–Crippen MR) is 82.7 cm³/mol. The van der Waals surface area contributed by atoms with Crippen molar-refractivity contribution in [1.82, 2.24) is 0 Å². The minimum absolute atomic E-state index is 0.328. The first-order chi connectivity index (χ1) is 9.69. The van der Waals surface area contributed by atoms with E-state index in [1.807, 2.05) is 0 Å². The lowest BCUT2D eigenvalue weighted by Gasteiger charge is -2.33. The van der Waals surface area contributed by atoms with Gasteiger partial charge in [-0.15, -0.1) is 0 Å². The van der Waals surface area contributed by atoms with Crippen LogP contribution in [0.15, 0.2) is 0 Å². The van der Waals surface area contributed by atoms with Crippen molar-refractivity contribution in [3.8, 4) is 0 Å². The largest absolute Gasteiger partial charge is 0.481 e. The molecular formula is C18H32O2. The third kappa shape index (κ3) is 3.56. The van der Waals surface area contributed by atoms with Crippen LogP contribution in [0.1, 0.15) is 90.4 Å². The lowest BCUT2D eigenvalue weighted by atomic mass is 9.70. The first kappa shape index (κ1) is 15.9. The summed E-state index contributed by atoms with van der Waals surface area (Å²) in [4.78, 5) is 11.8. The average molecular weight is 280 g/mol. The SMILES string of the molecule is CCCCCCCCCCC1(C(=O)O)CC2CCC1C2. The quantitative estimate of drug-likeness (QED) is 0.543. The molecule has 0 saturated heterocycles. The molecule has 0 radical (unpaired) electrons. The number of fused-ring (bicyclic) bond motifs is 2. The van der Waals surface area contributed by atoms with Gasteiger partial charge in [-0.25, -0.2) is 0 Å². The average Bonchev–Trinajstić information content (AvgIpc) is 3.03. The van der Waals surface area contributed by atoms with Crippen LogP contribution < -0.4 is 0 Å². The van der Waals surface area contributed by atoms with Gasteiger partial charge in [0.25, 0.3) is 0 Å². The molecule has 0 aromatic carbocycles. The van der Waals surface area contributed by atoms with Crippen LogP contribution >= 0.6 is 0 Å². The van der Waals surface area contributed by atoms with Gasteiger partial charge in [0.1, 0.15) is 0 Å². The molecule has 3 unspecified atom stereocenters. The fourth-order valence-corrected chi connectivity index (χ4v) is 4.69. The van der Waals surface area contributed by atoms with Crippen molar-refractivity contribution in [1.29, 1.82) is 0 Å². The highest BCUT2D eigenvalue weighted by molar-refractivity contribution is 5.75. The number of hydrogen-bond donors (Lipinski definition) is 1. The van der Waals surface area contributed by atoms with Crippen molar-refractivity contribution in [2.24, 2.45) is 17.3 Å². The summed E-state index contributed by atoms with van der Waals surface area (Å²) in [5.74, 6) is 0.729. The second-order valence-electron chi connectivity index (χ2n) is 7.27. The van der Waals surface area contributed by atoms with Crippen molar-refractivity contribution in [3.05, 3.63) is 0 Å². The summed E-state index contributed by atoms with van der Waals surface area (Å²) in [5.41, 5.74) is -0.328. The Morgan fingerprint density at radius 3 is 2.20 bits per heavy atom. The van der Waals surface area contributed by atoms with Crippen LogP contribution in [0.4, 0.5) is 0 Å². The topological polar surface area (TPSA) is 37.3 Å². The smallest absolute Gasteiger partial charge is 0.309 e. The van der Waals surface area contributed by atoms with Crippen LogP contribution in [0.25, 0.3) is 0 Å². The molecule has 2 aliphatic rings. The van der Waals surface area contributed by atoms with Gasteiger partial charge in [0.2, 0.25) is 0 Å². The Morgan fingerprint density at radius 2 is 1.70 bits per heavy atom. The molecule has 20 heavy (non-hydrogen) atoms. The molecule has 2 bridgehead atoms. The summed E-state index contributed by atoms with van der Waals surface area (Å²) in [7, 11) is 0. The predicted octanol–water partition coefficient (Wildman–Crippen LogP) is 5.41. The molecule has 0 aliphatic heterocycles. The van der Waals surface area contributed by atoms with E-state index in [0.29, 0.717) is 5.92 Å². The maximum atomic E-state index is 11.8. The highest BCUT2D eigenvalue weighted by atomic mass is 16.4. The summed E-state index contributed by atoms with van der Waals surface area (Å²) < 4.78 is 0. The maximum absolute atomic E-state index is 11.8. The molecule has 2 nitrogen and oxygen atoms in total. The van der Waals surface area contributed by atoms with E-state index >= 15 is 0 Å². The van der Waals surface area contributed by atoms with Crippen LogP contribution in [-0.4, -0.2) is 11.1 Å². The zero-order valence-electron chi connectivity index (χ0n) is 13.2. The Balaban J connectivity index is 1.63. The Kier molecular flexibility index (Phi) is 5.92. The van der Waals surface area contributed by atoms with Gasteiger partial charge in [-0.3, -0.25) is 4.79 Å². The number of carbonyl (C=O) groups is 1. The highest BCUT2D eigenvalue weighted by Gasteiger charge is 2.55. The summed E-state index contributed by atoms with van der Waals surface area (Å²) in [5, 5.41) is 9.69. The van der Waals surface area contributed by atoms with Crippen LogP contribution in [0.3, 0.4) is 0 Å². The van der Waals surface area contributed by atoms with E-state index in [2.05, 4.69) is 6.92 Å². The second-order valence-corrected chi connectivity index (χ2v) is 7.27. The minimum atomic E-state index is -0.493. The Labute approximate surface area is 124 Å². The molecule has 2 saturated carbocycles. The molecule has 0 spiro atoms. The van der Waals surface area contributed by atoms with E-state index < -0.39 is 5.97 Å². The van der Waals surface area contributed by atoms with Gasteiger partial charge in [0.15, 0.2) is 0 Å². The van der Waals surface area contributed by atoms with Crippen molar-refractivity contribution in [3.63, 3.8) is 0 Å². The molecule has 2 aliphatic carbocycles. The zero-order chi connectivity index (χ0) is 14.4. The normalized spacial score (nSPS) is 31.9. The van der Waals surface area contributed by atoms with Gasteiger partial charge in [-0.1, -0.05) is 64.7 Å². The minimum Gasteiger partial charge on any atom is -0.481 e. The Hall–Kier alpha value is -0.530. The van der Waals surface area contributed by atoms with Gasteiger partial charge < -0.3 is 5.11 Å². The number of unbranched alkanes of at least 4 members (excludes halogenated alkanes) is 7. The van der Waals surface area contributed by atoms with Crippen LogP contribution in [0, 0.1) is 17.3 Å². The molecule has 1 N–H and O–H groups in total. The summed E-state index contributed by atoms with van der Waals surface area (Å²) in [6, 6.07) is 0. The van der Waals surface area contributed by atoms with Gasteiger partial charge in [-0.2, -0.15) is 0 Å². The van der Waals surface area contributed by atoms with Crippen LogP contribution in [-0.2, 0) is 4.79 Å². The van der Waals surface area contributed by atoms with Crippen LogP contribution in [0.5, 0.6) is 0 Å². The van der Waals surface area contributed by atoms with E-state index in [9.17, 15) is 9.90 Å². The van der Waals surface area contributed by atoms with Crippen LogP contribution in [0.2, 0.25) is 0 Å². The van der Waals surface area contributed by atoms with E-state index in [1.165, 1.54) is 64.2 Å². The van der Waals surface area contributed by atoms with E-state index in [4.69, 9.17) is 0 Å². The fraction of sp³-hybridized carbons (Fsp3) is 0.944. The molecule has 0 heterocycles. The number of carboxylic acids is 1. The highest BCUT2D eigenvalue weighted by Crippen LogP contribution is 2.58. The first-order valence-corrected chi connectivity index (χ1v) is 8.92. The van der Waals surface area contributed by atoms with Crippen molar-refractivity contribution >= 4 is 5.97 Å². The molecular weight excluding hydrogens is 248 g/mol. The molecule has 2 fully saturated rings. The molecule has 2 heteroatoms. The lowest BCUT2D eigenvalue weighted by molar-refractivity contribution is -0.153. The van der Waals surface area contributed by atoms with Gasteiger partial charge >= 0.3 is 5.97 Å². The van der Waals surface area contributed by atoms with E-state index in [0.717, 1.165) is 25.2 Å². The third-order valence-corrected chi connectivity index (χ3v) is 5.88. The van der Waals surface area contributed by atoms with Crippen molar-refractivity contribution < 1.29 is 9.90 Å². The van der Waals surface area contributed by atoms with Gasteiger partial charge in [-0.05, 0) is 37.5 Å². The third-order valence-electron chi connectivity index (χ3n) is 5.88. The summed E-state index contributed by atoms with van der Waals surface area (Å²) in [6.45, 7) is 2.25. The van der Waals surface area contributed by atoms with Crippen molar-refractivity contribution in [2.45, 2.75) is 90.4 Å². The standard InChI is InChI=1S/C18H32O2/c1-2-3-4-5-6-7-8-9-12-18(17(19)20)14-15-10-11-16(18)13-15/h15-16H,2-14H2,1H3,(H,19,20). The fourth-order valence-electron chi connectivity index (χ4n) is 4.69. The zero-order valence-corrected chi connectivity index (χ0v) is 13.2. The van der Waals surface area contributed by atoms with E-state index in [1.54, 1.807) is 0 Å². The van der Waals surface area contributed by atoms with Crippen molar-refractivity contribution in [2.75, 3.05) is 0 Å². The number of hydrogen-bond acceptors (Lipinski definition) is 1. The number of aliphatic carboxylic acids is 1. The summed E-state index contributed by atoms with van der Waals surface area (Å²) >= 11 is 0. The monoisotopic (exact) mass is 280 g/mol. The molecule has 2 rings (SSSR count). The molecule has 116 valence electrons. The summed E-state index contributed by atoms with van der Waals surface area (Å²) in [6.07, 6.45) is 16.0. The van der Waals surface area contributed by atoms with Gasteiger partial charge in [0.05, 0.1) is 5.41 Å². The Morgan fingerprint density at radius 1 is 1.05 bits per heavy atom. The van der Waals surface area contributed by atoms with Gasteiger partial charge in [0, 0.05) is 0 Å². The number of carboxylic acid groups (broad SMARTS) is 1. The molecule has 0 aromatic heterocycles. The molecule has 0 aromatic rings. The van der Waals surface area contributed by atoms with E-state index in [-0.39, 0.29) is 5.41 Å². The molecule has 0 amide bonds. The molecule has 3 atom stereocenters. The first-order valence-electron chi connectivity index (χ1n) is 8.92. The number of rotatable bonds is 10. The maximum Gasteiger partial charge on any atom is 0.309 e. The second kappa shape index (κ2) is 7.47.